The Bertz CT molecular complexity index is 613. The largest absolute Gasteiger partial charge is 0.308 e. The molecule has 0 bridgehead atoms. The van der Waals surface area contributed by atoms with Crippen molar-refractivity contribution in [3.63, 3.8) is 0 Å². The quantitative estimate of drug-likeness (QED) is 0.670. The number of thiophene rings is 1. The Hall–Kier alpha value is -1.24. The number of aromatic nitrogens is 2. The molecule has 106 valence electrons. The van der Waals surface area contributed by atoms with E-state index in [4.69, 9.17) is 5.84 Å². The summed E-state index contributed by atoms with van der Waals surface area (Å²) in [5, 5.41) is 3.05. The van der Waals surface area contributed by atoms with Crippen molar-refractivity contribution in [1.82, 2.24) is 14.9 Å². The fourth-order valence-electron chi connectivity index (χ4n) is 3.74. The maximum atomic E-state index is 5.58. The summed E-state index contributed by atoms with van der Waals surface area (Å²) < 4.78 is 0. The van der Waals surface area contributed by atoms with Crippen LogP contribution < -0.4 is 11.3 Å². The van der Waals surface area contributed by atoms with Crippen molar-refractivity contribution in [3.05, 3.63) is 17.3 Å². The molecule has 2 fully saturated rings. The zero-order valence-electron chi connectivity index (χ0n) is 11.4. The van der Waals surface area contributed by atoms with Crippen molar-refractivity contribution in [1.29, 1.82) is 0 Å². The van der Waals surface area contributed by atoms with Gasteiger partial charge in [-0.3, -0.25) is 4.90 Å². The summed E-state index contributed by atoms with van der Waals surface area (Å²) >= 11 is 1.64. The van der Waals surface area contributed by atoms with Crippen LogP contribution in [0, 0.1) is 11.8 Å². The molecule has 20 heavy (non-hydrogen) atoms. The molecule has 2 aromatic rings. The molecule has 4 rings (SSSR count). The van der Waals surface area contributed by atoms with E-state index in [-0.39, 0.29) is 0 Å². The van der Waals surface area contributed by atoms with Crippen molar-refractivity contribution in [2.24, 2.45) is 17.7 Å². The second kappa shape index (κ2) is 4.95. The lowest BCUT2D eigenvalue weighted by Crippen LogP contribution is -2.23. The third kappa shape index (κ3) is 2.08. The first-order valence-electron chi connectivity index (χ1n) is 7.26. The van der Waals surface area contributed by atoms with Crippen LogP contribution >= 0.6 is 11.3 Å². The maximum absolute atomic E-state index is 5.58. The number of nitrogens with two attached hydrogens (primary N) is 1. The van der Waals surface area contributed by atoms with Gasteiger partial charge in [-0.05, 0) is 36.1 Å². The molecule has 5 nitrogen and oxygen atoms in total. The highest BCUT2D eigenvalue weighted by atomic mass is 32.1. The number of nitrogen functional groups attached to an aromatic ring is 1. The van der Waals surface area contributed by atoms with Crippen LogP contribution in [-0.4, -0.2) is 28.0 Å². The number of likely N-dealkylation sites (tertiary alicyclic amines) is 1. The first-order valence-corrected chi connectivity index (χ1v) is 8.14. The normalized spacial score (nSPS) is 26.2. The van der Waals surface area contributed by atoms with Gasteiger partial charge >= 0.3 is 0 Å². The van der Waals surface area contributed by atoms with Gasteiger partial charge in [0.05, 0.1) is 11.9 Å². The van der Waals surface area contributed by atoms with E-state index in [0.717, 1.165) is 40.2 Å². The molecule has 3 heterocycles. The third-order valence-corrected chi connectivity index (χ3v) is 5.48. The molecule has 2 atom stereocenters. The van der Waals surface area contributed by atoms with Crippen molar-refractivity contribution in [2.45, 2.75) is 25.8 Å². The monoisotopic (exact) mass is 289 g/mol. The first-order chi connectivity index (χ1) is 9.83. The van der Waals surface area contributed by atoms with Crippen LogP contribution in [0.3, 0.4) is 0 Å². The smallest absolute Gasteiger partial charge is 0.152 e. The van der Waals surface area contributed by atoms with Gasteiger partial charge in [0.25, 0.3) is 0 Å². The highest BCUT2D eigenvalue weighted by Crippen LogP contribution is 2.38. The van der Waals surface area contributed by atoms with Crippen LogP contribution in [0.4, 0.5) is 5.82 Å². The van der Waals surface area contributed by atoms with Crippen LogP contribution in [0.15, 0.2) is 11.4 Å². The number of hydrazine groups is 1. The highest BCUT2D eigenvalue weighted by Gasteiger charge is 2.36. The van der Waals surface area contributed by atoms with E-state index < -0.39 is 0 Å². The molecular weight excluding hydrogens is 270 g/mol. The Morgan fingerprint density at radius 2 is 2.10 bits per heavy atom. The molecule has 0 amide bonds. The van der Waals surface area contributed by atoms with Gasteiger partial charge in [0.2, 0.25) is 0 Å². The van der Waals surface area contributed by atoms with Gasteiger partial charge in [0.15, 0.2) is 5.82 Å². The first kappa shape index (κ1) is 12.5. The SMILES string of the molecule is NNc1nc(CN2CC3CCCC3C2)nc2sccc12. The molecule has 1 aliphatic carbocycles. The lowest BCUT2D eigenvalue weighted by molar-refractivity contribution is 0.296. The van der Waals surface area contributed by atoms with E-state index in [2.05, 4.69) is 20.3 Å². The van der Waals surface area contributed by atoms with Gasteiger partial charge in [-0.1, -0.05) is 6.42 Å². The van der Waals surface area contributed by atoms with E-state index in [1.54, 1.807) is 11.3 Å². The molecule has 2 unspecified atom stereocenters. The number of hydrogen-bond acceptors (Lipinski definition) is 6. The second-order valence-corrected chi connectivity index (χ2v) is 6.81. The average molecular weight is 289 g/mol. The van der Waals surface area contributed by atoms with Crippen molar-refractivity contribution in [3.8, 4) is 0 Å². The molecule has 6 heteroatoms. The Labute approximate surface area is 122 Å². The Balaban J connectivity index is 1.56. The summed E-state index contributed by atoms with van der Waals surface area (Å²) in [6.07, 6.45) is 4.23. The van der Waals surface area contributed by atoms with E-state index in [9.17, 15) is 0 Å². The van der Waals surface area contributed by atoms with Crippen LogP contribution in [0.25, 0.3) is 10.2 Å². The number of rotatable bonds is 3. The maximum Gasteiger partial charge on any atom is 0.152 e. The molecule has 0 radical (unpaired) electrons. The van der Waals surface area contributed by atoms with Gasteiger partial charge < -0.3 is 5.43 Å². The standard InChI is InChI=1S/C14H19N5S/c15-18-13-11-4-5-20-14(11)17-12(16-13)8-19-6-9-2-1-3-10(9)7-19/h4-5,9-10H,1-3,6-8,15H2,(H,16,17,18). The Morgan fingerprint density at radius 3 is 2.85 bits per heavy atom. The topological polar surface area (TPSA) is 67.1 Å². The van der Waals surface area contributed by atoms with E-state index in [1.807, 2.05) is 11.4 Å². The van der Waals surface area contributed by atoms with Crippen molar-refractivity contribution in [2.75, 3.05) is 18.5 Å². The van der Waals surface area contributed by atoms with Crippen LogP contribution in [0.1, 0.15) is 25.1 Å². The lowest BCUT2D eigenvalue weighted by atomic mass is 10.0. The van der Waals surface area contributed by atoms with Crippen molar-refractivity contribution >= 4 is 27.4 Å². The Kier molecular flexibility index (Phi) is 3.09. The number of anilines is 1. The molecule has 3 N–H and O–H groups in total. The molecule has 1 saturated carbocycles. The molecule has 0 spiro atoms. The fourth-order valence-corrected chi connectivity index (χ4v) is 4.52. The third-order valence-electron chi connectivity index (χ3n) is 4.68. The van der Waals surface area contributed by atoms with E-state index in [0.29, 0.717) is 0 Å². The van der Waals surface area contributed by atoms with Gasteiger partial charge in [-0.2, -0.15) is 0 Å². The summed E-state index contributed by atoms with van der Waals surface area (Å²) in [6, 6.07) is 2.01. The van der Waals surface area contributed by atoms with E-state index in [1.165, 1.54) is 32.4 Å². The van der Waals surface area contributed by atoms with Gasteiger partial charge in [0.1, 0.15) is 10.7 Å². The predicted molar refractivity (Wildman–Crippen MR) is 81.3 cm³/mol. The Morgan fingerprint density at radius 1 is 1.30 bits per heavy atom. The molecule has 1 saturated heterocycles. The summed E-state index contributed by atoms with van der Waals surface area (Å²) in [5.74, 6) is 9.02. The van der Waals surface area contributed by atoms with Crippen molar-refractivity contribution < 1.29 is 0 Å². The number of fused-ring (bicyclic) bond motifs is 2. The molecule has 2 aromatic heterocycles. The van der Waals surface area contributed by atoms with Crippen LogP contribution in [0.5, 0.6) is 0 Å². The van der Waals surface area contributed by atoms with E-state index >= 15 is 0 Å². The zero-order chi connectivity index (χ0) is 13.5. The summed E-state index contributed by atoms with van der Waals surface area (Å²) in [6.45, 7) is 3.26. The predicted octanol–water partition coefficient (Wildman–Crippen LogP) is 2.21. The summed E-state index contributed by atoms with van der Waals surface area (Å²) in [5.41, 5.74) is 2.70. The molecule has 2 aliphatic rings. The summed E-state index contributed by atoms with van der Waals surface area (Å²) in [7, 11) is 0. The fraction of sp³-hybridized carbons (Fsp3) is 0.571. The highest BCUT2D eigenvalue weighted by molar-refractivity contribution is 7.16. The number of nitrogens with one attached hydrogen (secondary N) is 1. The van der Waals surface area contributed by atoms with Crippen LogP contribution in [0.2, 0.25) is 0 Å². The molecule has 0 aromatic carbocycles. The minimum Gasteiger partial charge on any atom is -0.308 e. The minimum atomic E-state index is 0.741. The lowest BCUT2D eigenvalue weighted by Gasteiger charge is -2.16. The van der Waals surface area contributed by atoms with Gasteiger partial charge in [0, 0.05) is 13.1 Å². The summed E-state index contributed by atoms with van der Waals surface area (Å²) in [4.78, 5) is 12.8. The molecule has 1 aliphatic heterocycles. The van der Waals surface area contributed by atoms with Gasteiger partial charge in [-0.25, -0.2) is 15.8 Å². The van der Waals surface area contributed by atoms with Gasteiger partial charge in [-0.15, -0.1) is 11.3 Å². The minimum absolute atomic E-state index is 0.741. The number of nitrogens with zero attached hydrogens (tertiary/aromatic N) is 3. The zero-order valence-corrected chi connectivity index (χ0v) is 12.2. The second-order valence-electron chi connectivity index (χ2n) is 5.92. The number of hydrogen-bond donors (Lipinski definition) is 2. The molecular formula is C14H19N5S. The van der Waals surface area contributed by atoms with Crippen LogP contribution in [-0.2, 0) is 6.54 Å². The average Bonchev–Trinajstić information content (AvgIpc) is 3.12.